The fourth-order valence-electron chi connectivity index (χ4n) is 3.77. The number of Topliss-reactive ketones (excluding diaryl/α,β-unsaturated/α-hetero) is 1. The van der Waals surface area contributed by atoms with Gasteiger partial charge in [0.25, 0.3) is 11.7 Å². The number of hydrogen-bond acceptors (Lipinski definition) is 3. The SMILES string of the molecule is O=C(N[C@@H]1CN2CCC1CC2)C(=O)c1c[nH]c2ccc(Cl)cc12. The Morgan fingerprint density at radius 1 is 1.26 bits per heavy atom. The van der Waals surface area contributed by atoms with E-state index in [1.165, 1.54) is 0 Å². The molecule has 0 radical (unpaired) electrons. The second-order valence-electron chi connectivity index (χ2n) is 6.44. The molecule has 1 atom stereocenters. The number of fused-ring (bicyclic) bond motifs is 4. The summed E-state index contributed by atoms with van der Waals surface area (Å²) in [5.74, 6) is -0.534. The highest BCUT2D eigenvalue weighted by molar-refractivity contribution is 6.45. The summed E-state index contributed by atoms with van der Waals surface area (Å²) in [5.41, 5.74) is 1.18. The minimum absolute atomic E-state index is 0.0859. The van der Waals surface area contributed by atoms with Crippen LogP contribution in [0.3, 0.4) is 0 Å². The Balaban J connectivity index is 1.53. The lowest BCUT2D eigenvalue weighted by Gasteiger charge is -2.44. The number of carbonyl (C=O) groups is 2. The van der Waals surface area contributed by atoms with Gasteiger partial charge in [0.15, 0.2) is 0 Å². The number of aromatic nitrogens is 1. The predicted molar refractivity (Wildman–Crippen MR) is 88.7 cm³/mol. The summed E-state index contributed by atoms with van der Waals surface area (Å²) in [7, 11) is 0. The maximum Gasteiger partial charge on any atom is 0.292 e. The van der Waals surface area contributed by atoms with Gasteiger partial charge in [0.2, 0.25) is 0 Å². The van der Waals surface area contributed by atoms with Crippen LogP contribution in [0.5, 0.6) is 0 Å². The molecule has 3 aliphatic heterocycles. The first-order valence-electron chi connectivity index (χ1n) is 7.96. The minimum atomic E-state index is -0.523. The van der Waals surface area contributed by atoms with Crippen LogP contribution in [0.2, 0.25) is 5.02 Å². The van der Waals surface area contributed by atoms with Crippen molar-refractivity contribution in [3.63, 3.8) is 0 Å². The third-order valence-electron chi connectivity index (χ3n) is 5.07. The van der Waals surface area contributed by atoms with Crippen molar-refractivity contribution in [3.8, 4) is 0 Å². The molecule has 3 aliphatic rings. The number of hydrogen-bond donors (Lipinski definition) is 2. The lowest BCUT2D eigenvalue weighted by Crippen LogP contribution is -2.58. The van der Waals surface area contributed by atoms with Crippen molar-refractivity contribution in [3.05, 3.63) is 35.0 Å². The number of ketones is 1. The van der Waals surface area contributed by atoms with Crippen LogP contribution in [-0.4, -0.2) is 47.3 Å². The van der Waals surface area contributed by atoms with Gasteiger partial charge in [0, 0.05) is 34.7 Å². The lowest BCUT2D eigenvalue weighted by atomic mass is 9.84. The molecule has 3 fully saturated rings. The zero-order valence-corrected chi connectivity index (χ0v) is 13.4. The van der Waals surface area contributed by atoms with Crippen LogP contribution in [0.4, 0.5) is 0 Å². The van der Waals surface area contributed by atoms with E-state index in [0.717, 1.165) is 38.0 Å². The summed E-state index contributed by atoms with van der Waals surface area (Å²) >= 11 is 6.00. The Morgan fingerprint density at radius 3 is 2.74 bits per heavy atom. The third-order valence-corrected chi connectivity index (χ3v) is 5.30. The van der Waals surface area contributed by atoms with Gasteiger partial charge in [-0.15, -0.1) is 0 Å². The Kier molecular flexibility index (Phi) is 3.62. The molecule has 1 aromatic carbocycles. The Bertz CT molecular complexity index is 777. The number of amides is 1. The number of piperidine rings is 3. The van der Waals surface area contributed by atoms with Gasteiger partial charge in [-0.25, -0.2) is 0 Å². The van der Waals surface area contributed by atoms with Crippen molar-refractivity contribution in [1.82, 2.24) is 15.2 Å². The van der Waals surface area contributed by atoms with Gasteiger partial charge in [-0.1, -0.05) is 11.6 Å². The molecule has 0 unspecified atom stereocenters. The van der Waals surface area contributed by atoms with Crippen LogP contribution in [0, 0.1) is 5.92 Å². The van der Waals surface area contributed by atoms with E-state index in [4.69, 9.17) is 11.6 Å². The summed E-state index contributed by atoms with van der Waals surface area (Å²) in [6.07, 6.45) is 3.78. The molecule has 4 heterocycles. The van der Waals surface area contributed by atoms with Crippen molar-refractivity contribution in [2.45, 2.75) is 18.9 Å². The number of aromatic amines is 1. The molecule has 0 spiro atoms. The largest absolute Gasteiger partial charge is 0.360 e. The molecule has 0 aliphatic carbocycles. The molecule has 1 aromatic heterocycles. The van der Waals surface area contributed by atoms with Crippen LogP contribution >= 0.6 is 11.6 Å². The molecular weight excluding hydrogens is 314 g/mol. The van der Waals surface area contributed by atoms with Gasteiger partial charge in [-0.3, -0.25) is 9.59 Å². The molecule has 6 heteroatoms. The Hall–Kier alpha value is -1.85. The second-order valence-corrected chi connectivity index (χ2v) is 6.88. The summed E-state index contributed by atoms with van der Waals surface area (Å²) in [5, 5.41) is 4.17. The Morgan fingerprint density at radius 2 is 2.04 bits per heavy atom. The van der Waals surface area contributed by atoms with Crippen LogP contribution in [0.1, 0.15) is 23.2 Å². The summed E-state index contributed by atoms with van der Waals surface area (Å²) in [6.45, 7) is 3.06. The maximum atomic E-state index is 12.5. The molecule has 0 saturated carbocycles. The zero-order valence-electron chi connectivity index (χ0n) is 12.6. The number of nitrogens with zero attached hydrogens (tertiary/aromatic N) is 1. The number of rotatable bonds is 3. The molecule has 120 valence electrons. The van der Waals surface area contributed by atoms with E-state index < -0.39 is 11.7 Å². The first-order chi connectivity index (χ1) is 11.1. The number of halogens is 1. The van der Waals surface area contributed by atoms with E-state index in [9.17, 15) is 9.59 Å². The summed E-state index contributed by atoms with van der Waals surface area (Å²) in [6, 6.07) is 5.35. The van der Waals surface area contributed by atoms with E-state index in [2.05, 4.69) is 15.2 Å². The maximum absolute atomic E-state index is 12.5. The zero-order chi connectivity index (χ0) is 16.0. The molecule has 2 aromatic rings. The smallest absolute Gasteiger partial charge is 0.292 e. The molecule has 23 heavy (non-hydrogen) atoms. The first-order valence-corrected chi connectivity index (χ1v) is 8.34. The van der Waals surface area contributed by atoms with Gasteiger partial charge in [0.1, 0.15) is 0 Å². The highest BCUT2D eigenvalue weighted by Gasteiger charge is 2.36. The molecular formula is C17H18ClN3O2. The molecule has 3 saturated heterocycles. The second kappa shape index (κ2) is 5.65. The highest BCUT2D eigenvalue weighted by atomic mass is 35.5. The normalized spacial score (nSPS) is 26.4. The predicted octanol–water partition coefficient (Wildman–Crippen LogP) is 2.21. The number of carbonyl (C=O) groups excluding carboxylic acids is 2. The average molecular weight is 332 g/mol. The van der Waals surface area contributed by atoms with Crippen LogP contribution < -0.4 is 5.32 Å². The van der Waals surface area contributed by atoms with E-state index in [-0.39, 0.29) is 6.04 Å². The highest BCUT2D eigenvalue weighted by Crippen LogP contribution is 2.28. The van der Waals surface area contributed by atoms with Crippen LogP contribution in [-0.2, 0) is 4.79 Å². The van der Waals surface area contributed by atoms with Gasteiger partial charge < -0.3 is 15.2 Å². The Labute approximate surface area is 139 Å². The van der Waals surface area contributed by atoms with E-state index >= 15 is 0 Å². The molecule has 2 N–H and O–H groups in total. The van der Waals surface area contributed by atoms with Crippen molar-refractivity contribution < 1.29 is 9.59 Å². The lowest BCUT2D eigenvalue weighted by molar-refractivity contribution is -0.119. The monoisotopic (exact) mass is 331 g/mol. The van der Waals surface area contributed by atoms with E-state index in [1.807, 2.05) is 0 Å². The number of nitrogens with one attached hydrogen (secondary N) is 2. The van der Waals surface area contributed by atoms with E-state index in [1.54, 1.807) is 24.4 Å². The van der Waals surface area contributed by atoms with Crippen LogP contribution in [0.15, 0.2) is 24.4 Å². The number of benzene rings is 1. The number of H-pyrrole nitrogens is 1. The van der Waals surface area contributed by atoms with Gasteiger partial charge >= 0.3 is 0 Å². The van der Waals surface area contributed by atoms with Crippen molar-refractivity contribution in [2.24, 2.45) is 5.92 Å². The summed E-state index contributed by atoms with van der Waals surface area (Å²) in [4.78, 5) is 30.3. The molecule has 5 rings (SSSR count). The summed E-state index contributed by atoms with van der Waals surface area (Å²) < 4.78 is 0. The topological polar surface area (TPSA) is 65.2 Å². The first kappa shape index (κ1) is 14.7. The minimum Gasteiger partial charge on any atom is -0.360 e. The fraction of sp³-hybridized carbons (Fsp3) is 0.412. The molecule has 5 nitrogen and oxygen atoms in total. The van der Waals surface area contributed by atoms with Crippen molar-refractivity contribution in [2.75, 3.05) is 19.6 Å². The van der Waals surface area contributed by atoms with Gasteiger partial charge in [-0.2, -0.15) is 0 Å². The van der Waals surface area contributed by atoms with Gasteiger partial charge in [-0.05, 0) is 50.0 Å². The fourth-order valence-corrected chi connectivity index (χ4v) is 3.94. The third kappa shape index (κ3) is 2.64. The molecule has 2 bridgehead atoms. The standard InChI is InChI=1S/C17H18ClN3O2/c18-11-1-2-14-12(7-11)13(8-19-14)16(22)17(23)20-15-9-21-5-3-10(15)4-6-21/h1-2,7-8,10,15,19H,3-6,9H2,(H,20,23)/t15-/m1/s1. The quantitative estimate of drug-likeness (QED) is 0.669. The van der Waals surface area contributed by atoms with Crippen molar-refractivity contribution in [1.29, 1.82) is 0 Å². The van der Waals surface area contributed by atoms with Gasteiger partial charge in [0.05, 0.1) is 5.56 Å². The van der Waals surface area contributed by atoms with Crippen molar-refractivity contribution >= 4 is 34.2 Å². The average Bonchev–Trinajstić information content (AvgIpc) is 2.98. The van der Waals surface area contributed by atoms with Crippen LogP contribution in [0.25, 0.3) is 10.9 Å². The molecule has 1 amide bonds. The van der Waals surface area contributed by atoms with E-state index in [0.29, 0.717) is 21.9 Å².